The fourth-order valence-corrected chi connectivity index (χ4v) is 4.00. The van der Waals surface area contributed by atoms with Crippen LogP contribution in [0.4, 0.5) is 0 Å². The lowest BCUT2D eigenvalue weighted by atomic mass is 10.1. The van der Waals surface area contributed by atoms with Gasteiger partial charge in [0.25, 0.3) is 10.2 Å². The lowest BCUT2D eigenvalue weighted by Gasteiger charge is -2.29. The van der Waals surface area contributed by atoms with Gasteiger partial charge in [-0.05, 0) is 25.3 Å². The third-order valence-electron chi connectivity index (χ3n) is 3.57. The maximum absolute atomic E-state index is 12.1. The minimum absolute atomic E-state index is 0.00726. The summed E-state index contributed by atoms with van der Waals surface area (Å²) in [7, 11) is -3.36. The first-order valence-corrected chi connectivity index (χ1v) is 7.62. The number of rotatable bonds is 4. The molecule has 1 aliphatic carbocycles. The molecular weight excluding hydrogens is 242 g/mol. The third-order valence-corrected chi connectivity index (χ3v) is 5.22. The van der Waals surface area contributed by atoms with E-state index in [1.807, 2.05) is 0 Å². The number of hydrogen-bond acceptors (Lipinski definition) is 4. The monoisotopic (exact) mass is 263 g/mol. The summed E-state index contributed by atoms with van der Waals surface area (Å²) in [5.74, 6) is 0.283. The lowest BCUT2D eigenvalue weighted by Crippen LogP contribution is -2.50. The van der Waals surface area contributed by atoms with Gasteiger partial charge in [-0.15, -0.1) is 0 Å². The second-order valence-electron chi connectivity index (χ2n) is 4.67. The highest BCUT2D eigenvalue weighted by atomic mass is 32.2. The predicted molar refractivity (Wildman–Crippen MR) is 64.6 cm³/mol. The van der Waals surface area contributed by atoms with Crippen molar-refractivity contribution in [1.29, 1.82) is 0 Å². The fourth-order valence-electron chi connectivity index (χ4n) is 2.53. The van der Waals surface area contributed by atoms with Crippen LogP contribution in [0.15, 0.2) is 0 Å². The van der Waals surface area contributed by atoms with Crippen LogP contribution in [-0.2, 0) is 14.9 Å². The second kappa shape index (κ2) is 5.62. The molecule has 2 rings (SSSR count). The SMILES string of the molecule is NCC1CCCC1NS(=O)(=O)N1CCOCC1. The van der Waals surface area contributed by atoms with E-state index in [4.69, 9.17) is 10.5 Å². The van der Waals surface area contributed by atoms with E-state index in [1.165, 1.54) is 4.31 Å². The van der Waals surface area contributed by atoms with Crippen LogP contribution in [0.2, 0.25) is 0 Å². The van der Waals surface area contributed by atoms with Crippen LogP contribution in [0.5, 0.6) is 0 Å². The van der Waals surface area contributed by atoms with Crippen LogP contribution in [0.25, 0.3) is 0 Å². The molecule has 0 aromatic carbocycles. The van der Waals surface area contributed by atoms with Gasteiger partial charge in [0.1, 0.15) is 0 Å². The van der Waals surface area contributed by atoms with Crippen LogP contribution in [0.3, 0.4) is 0 Å². The Balaban J connectivity index is 1.96. The molecule has 17 heavy (non-hydrogen) atoms. The highest BCUT2D eigenvalue weighted by Crippen LogP contribution is 2.25. The highest BCUT2D eigenvalue weighted by molar-refractivity contribution is 7.87. The van der Waals surface area contributed by atoms with Gasteiger partial charge < -0.3 is 10.5 Å². The van der Waals surface area contributed by atoms with Gasteiger partial charge in [-0.25, -0.2) is 0 Å². The van der Waals surface area contributed by atoms with Crippen LogP contribution in [-0.4, -0.2) is 51.6 Å². The summed E-state index contributed by atoms with van der Waals surface area (Å²) in [4.78, 5) is 0. The summed E-state index contributed by atoms with van der Waals surface area (Å²) in [6.45, 7) is 2.39. The van der Waals surface area contributed by atoms with E-state index >= 15 is 0 Å². The van der Waals surface area contributed by atoms with Crippen molar-refractivity contribution in [3.8, 4) is 0 Å². The van der Waals surface area contributed by atoms with Crippen molar-refractivity contribution in [3.63, 3.8) is 0 Å². The van der Waals surface area contributed by atoms with Crippen LogP contribution in [0.1, 0.15) is 19.3 Å². The number of nitrogens with two attached hydrogens (primary N) is 1. The van der Waals surface area contributed by atoms with Crippen LogP contribution in [0, 0.1) is 5.92 Å². The molecular formula is C10H21N3O3S. The van der Waals surface area contributed by atoms with E-state index < -0.39 is 10.2 Å². The first kappa shape index (κ1) is 13.2. The zero-order chi connectivity index (χ0) is 12.3. The van der Waals surface area contributed by atoms with Crippen LogP contribution >= 0.6 is 0 Å². The molecule has 0 radical (unpaired) electrons. The van der Waals surface area contributed by atoms with E-state index in [0.29, 0.717) is 32.8 Å². The van der Waals surface area contributed by atoms with Crippen molar-refractivity contribution in [2.24, 2.45) is 11.7 Å². The maximum atomic E-state index is 12.1. The molecule has 2 unspecified atom stereocenters. The number of nitrogens with one attached hydrogen (secondary N) is 1. The Labute approximate surface area is 103 Å². The first-order valence-electron chi connectivity index (χ1n) is 6.18. The van der Waals surface area contributed by atoms with Crippen molar-refractivity contribution in [1.82, 2.24) is 9.03 Å². The molecule has 2 atom stereocenters. The average Bonchev–Trinajstić information content (AvgIpc) is 2.77. The van der Waals surface area contributed by atoms with Gasteiger partial charge >= 0.3 is 0 Å². The molecule has 0 spiro atoms. The van der Waals surface area contributed by atoms with E-state index in [2.05, 4.69) is 4.72 Å². The standard InChI is InChI=1S/C10H21N3O3S/c11-8-9-2-1-3-10(9)12-17(14,15)13-4-6-16-7-5-13/h9-10,12H,1-8,11H2. The van der Waals surface area contributed by atoms with Gasteiger partial charge in [0.05, 0.1) is 13.2 Å². The average molecular weight is 263 g/mol. The van der Waals surface area contributed by atoms with E-state index in [-0.39, 0.29) is 12.0 Å². The number of nitrogens with zero attached hydrogens (tertiary/aromatic N) is 1. The van der Waals surface area contributed by atoms with Gasteiger partial charge in [-0.2, -0.15) is 17.4 Å². The topological polar surface area (TPSA) is 84.7 Å². The van der Waals surface area contributed by atoms with Gasteiger partial charge in [-0.1, -0.05) is 6.42 Å². The Bertz CT molecular complexity index is 341. The molecule has 7 heteroatoms. The van der Waals surface area contributed by atoms with Crippen molar-refractivity contribution < 1.29 is 13.2 Å². The van der Waals surface area contributed by atoms with Gasteiger partial charge in [0.2, 0.25) is 0 Å². The normalized spacial score (nSPS) is 31.8. The fraction of sp³-hybridized carbons (Fsp3) is 1.00. The van der Waals surface area contributed by atoms with Crippen molar-refractivity contribution in [3.05, 3.63) is 0 Å². The number of hydrogen-bond donors (Lipinski definition) is 2. The summed E-state index contributed by atoms with van der Waals surface area (Å²) >= 11 is 0. The zero-order valence-corrected chi connectivity index (χ0v) is 10.8. The van der Waals surface area contributed by atoms with E-state index in [9.17, 15) is 8.42 Å². The molecule has 1 saturated heterocycles. The third kappa shape index (κ3) is 3.17. The molecule has 2 aliphatic rings. The molecule has 0 amide bonds. The van der Waals surface area contributed by atoms with Crippen molar-refractivity contribution in [2.45, 2.75) is 25.3 Å². The van der Waals surface area contributed by atoms with E-state index in [0.717, 1.165) is 19.3 Å². The minimum atomic E-state index is -3.36. The summed E-state index contributed by atoms with van der Waals surface area (Å²) < 4.78 is 33.6. The zero-order valence-electron chi connectivity index (χ0n) is 9.97. The van der Waals surface area contributed by atoms with Crippen molar-refractivity contribution in [2.75, 3.05) is 32.8 Å². The van der Waals surface area contributed by atoms with Crippen LogP contribution < -0.4 is 10.5 Å². The second-order valence-corrected chi connectivity index (χ2v) is 6.37. The number of morpholine rings is 1. The molecule has 3 N–H and O–H groups in total. The molecule has 1 aliphatic heterocycles. The smallest absolute Gasteiger partial charge is 0.279 e. The molecule has 100 valence electrons. The largest absolute Gasteiger partial charge is 0.379 e. The van der Waals surface area contributed by atoms with Crippen molar-refractivity contribution >= 4 is 10.2 Å². The van der Waals surface area contributed by atoms with E-state index in [1.54, 1.807) is 0 Å². The van der Waals surface area contributed by atoms with Gasteiger partial charge in [-0.3, -0.25) is 0 Å². The summed E-state index contributed by atoms with van der Waals surface area (Å²) in [5, 5.41) is 0. The Kier molecular flexibility index (Phi) is 4.37. The Morgan fingerprint density at radius 1 is 1.29 bits per heavy atom. The Morgan fingerprint density at radius 2 is 2.00 bits per heavy atom. The quantitative estimate of drug-likeness (QED) is 0.701. The summed E-state index contributed by atoms with van der Waals surface area (Å²) in [5.41, 5.74) is 5.65. The first-order chi connectivity index (χ1) is 8.13. The molecule has 2 fully saturated rings. The van der Waals surface area contributed by atoms with Gasteiger partial charge in [0.15, 0.2) is 0 Å². The molecule has 0 aromatic rings. The Hall–Kier alpha value is -0.210. The molecule has 1 saturated carbocycles. The number of ether oxygens (including phenoxy) is 1. The molecule has 6 nitrogen and oxygen atoms in total. The molecule has 0 bridgehead atoms. The van der Waals surface area contributed by atoms with Gasteiger partial charge in [0, 0.05) is 19.1 Å². The predicted octanol–water partition coefficient (Wildman–Crippen LogP) is -0.720. The summed E-state index contributed by atoms with van der Waals surface area (Å²) in [6, 6.07) is 0.00726. The molecule has 1 heterocycles. The summed E-state index contributed by atoms with van der Waals surface area (Å²) in [6.07, 6.45) is 2.97. The maximum Gasteiger partial charge on any atom is 0.279 e. The Morgan fingerprint density at radius 3 is 2.65 bits per heavy atom. The minimum Gasteiger partial charge on any atom is -0.379 e. The molecule has 0 aromatic heterocycles. The highest BCUT2D eigenvalue weighted by Gasteiger charge is 2.32. The lowest BCUT2D eigenvalue weighted by molar-refractivity contribution is 0.0722.